The first-order valence-electron chi connectivity index (χ1n) is 10.9. The Morgan fingerprint density at radius 1 is 1.09 bits per heavy atom. The molecule has 1 aromatic carbocycles. The van der Waals surface area contributed by atoms with Gasteiger partial charge in [-0.1, -0.05) is 0 Å². The van der Waals surface area contributed by atoms with Gasteiger partial charge in [0.1, 0.15) is 23.5 Å². The number of amides is 5. The summed E-state index contributed by atoms with van der Waals surface area (Å²) in [5, 5.41) is 2.17. The number of ether oxygens (including phenoxy) is 2. The zero-order valence-electron chi connectivity index (χ0n) is 19.0. The fourth-order valence-corrected chi connectivity index (χ4v) is 4.15. The Labute approximate surface area is 191 Å². The molecule has 0 bridgehead atoms. The van der Waals surface area contributed by atoms with Crippen molar-refractivity contribution < 1.29 is 33.4 Å². The number of rotatable bonds is 4. The summed E-state index contributed by atoms with van der Waals surface area (Å²) >= 11 is 0. The minimum Gasteiger partial charge on any atom is -0.490 e. The molecule has 1 atom stereocenters. The summed E-state index contributed by atoms with van der Waals surface area (Å²) in [5.74, 6) is -1.76. The van der Waals surface area contributed by atoms with E-state index in [1.54, 1.807) is 18.0 Å². The Bertz CT molecular complexity index is 1040. The molecule has 4 rings (SSSR count). The Morgan fingerprint density at radius 3 is 2.39 bits per heavy atom. The second-order valence-corrected chi connectivity index (χ2v) is 9.61. The predicted octanol–water partition coefficient (Wildman–Crippen LogP) is 1.86. The molecule has 176 valence electrons. The highest BCUT2D eigenvalue weighted by Crippen LogP contribution is 2.34. The smallest absolute Gasteiger partial charge is 0.410 e. The molecule has 1 saturated carbocycles. The molecule has 0 unspecified atom stereocenters. The van der Waals surface area contributed by atoms with Crippen LogP contribution in [0.5, 0.6) is 5.75 Å². The highest BCUT2D eigenvalue weighted by atomic mass is 16.6. The van der Waals surface area contributed by atoms with Gasteiger partial charge in [-0.05, 0) is 45.4 Å². The van der Waals surface area contributed by atoms with E-state index in [1.807, 2.05) is 20.8 Å². The summed E-state index contributed by atoms with van der Waals surface area (Å²) in [6, 6.07) is 3.62. The Hall–Kier alpha value is -3.43. The van der Waals surface area contributed by atoms with Crippen molar-refractivity contribution >= 4 is 29.7 Å². The molecule has 2 fully saturated rings. The minimum absolute atomic E-state index is 0.00879. The standard InChI is InChI=1S/C23H27N3O7/c1-23(2,3)33-22(31)25(4)12-9-14(10-12)32-13-5-6-15-16(11-13)21(30)26(20(15)29)17-7-8-18(27)24-19(17)28/h5-6,11-12,14,17H,7-10H2,1-4H3,(H,24,27,28)/t12?,14?,17-/m1/s1. The molecule has 2 aliphatic heterocycles. The van der Waals surface area contributed by atoms with Crippen molar-refractivity contribution in [2.75, 3.05) is 7.05 Å². The predicted molar refractivity (Wildman–Crippen MR) is 115 cm³/mol. The fraction of sp³-hybridized carbons (Fsp3) is 0.522. The fourth-order valence-electron chi connectivity index (χ4n) is 4.15. The molecular formula is C23H27N3O7. The summed E-state index contributed by atoms with van der Waals surface area (Å²) < 4.78 is 11.3. The van der Waals surface area contributed by atoms with Crippen molar-refractivity contribution in [2.24, 2.45) is 0 Å². The number of carbonyl (C=O) groups is 5. The van der Waals surface area contributed by atoms with Crippen LogP contribution in [-0.2, 0) is 14.3 Å². The van der Waals surface area contributed by atoms with Gasteiger partial charge in [-0.2, -0.15) is 0 Å². The van der Waals surface area contributed by atoms with Crippen molar-refractivity contribution in [1.29, 1.82) is 0 Å². The average molecular weight is 457 g/mol. The van der Waals surface area contributed by atoms with E-state index in [9.17, 15) is 24.0 Å². The summed E-state index contributed by atoms with van der Waals surface area (Å²) in [6.07, 6.45) is 0.870. The lowest BCUT2D eigenvalue weighted by Crippen LogP contribution is -2.54. The first kappa shape index (κ1) is 22.8. The zero-order chi connectivity index (χ0) is 24.1. The van der Waals surface area contributed by atoms with Crippen molar-refractivity contribution in [3.8, 4) is 5.75 Å². The highest BCUT2D eigenvalue weighted by molar-refractivity contribution is 6.23. The Balaban J connectivity index is 1.38. The van der Waals surface area contributed by atoms with Crippen LogP contribution in [0.4, 0.5) is 4.79 Å². The van der Waals surface area contributed by atoms with Crippen molar-refractivity contribution in [3.05, 3.63) is 29.3 Å². The second-order valence-electron chi connectivity index (χ2n) is 9.61. The van der Waals surface area contributed by atoms with Crippen LogP contribution in [0, 0.1) is 0 Å². The third-order valence-electron chi connectivity index (χ3n) is 6.01. The van der Waals surface area contributed by atoms with Gasteiger partial charge in [-0.3, -0.25) is 29.4 Å². The lowest BCUT2D eigenvalue weighted by Gasteiger charge is -2.41. The van der Waals surface area contributed by atoms with E-state index in [0.29, 0.717) is 18.6 Å². The highest BCUT2D eigenvalue weighted by Gasteiger charge is 2.45. The summed E-state index contributed by atoms with van der Waals surface area (Å²) in [5.41, 5.74) is -0.196. The van der Waals surface area contributed by atoms with Crippen LogP contribution >= 0.6 is 0 Å². The van der Waals surface area contributed by atoms with Crippen LogP contribution in [0.3, 0.4) is 0 Å². The van der Waals surface area contributed by atoms with Gasteiger partial charge in [0, 0.05) is 32.4 Å². The van der Waals surface area contributed by atoms with Gasteiger partial charge in [0.15, 0.2) is 0 Å². The third kappa shape index (κ3) is 4.42. The Kier molecular flexibility index (Phi) is 5.63. The molecule has 2 heterocycles. The zero-order valence-corrected chi connectivity index (χ0v) is 19.0. The maximum atomic E-state index is 12.9. The molecule has 1 saturated heterocycles. The summed E-state index contributed by atoms with van der Waals surface area (Å²) in [4.78, 5) is 63.9. The number of piperidine rings is 1. The van der Waals surface area contributed by atoms with Gasteiger partial charge in [0.2, 0.25) is 11.8 Å². The van der Waals surface area contributed by atoms with Crippen LogP contribution in [-0.4, -0.2) is 70.4 Å². The quantitative estimate of drug-likeness (QED) is 0.685. The number of imide groups is 2. The lowest BCUT2D eigenvalue weighted by atomic mass is 9.88. The molecular weight excluding hydrogens is 430 g/mol. The first-order chi connectivity index (χ1) is 15.4. The topological polar surface area (TPSA) is 122 Å². The van der Waals surface area contributed by atoms with Gasteiger partial charge in [0.25, 0.3) is 11.8 Å². The number of hydrogen-bond acceptors (Lipinski definition) is 7. The molecule has 1 aliphatic carbocycles. The molecule has 1 N–H and O–H groups in total. The summed E-state index contributed by atoms with van der Waals surface area (Å²) in [7, 11) is 1.69. The maximum Gasteiger partial charge on any atom is 0.410 e. The minimum atomic E-state index is -1.00. The molecule has 0 spiro atoms. The van der Waals surface area contributed by atoms with E-state index < -0.39 is 35.3 Å². The maximum absolute atomic E-state index is 12.9. The van der Waals surface area contributed by atoms with E-state index in [-0.39, 0.29) is 42.2 Å². The largest absolute Gasteiger partial charge is 0.490 e. The Morgan fingerprint density at radius 2 is 1.76 bits per heavy atom. The van der Waals surface area contributed by atoms with Crippen LogP contribution in [0.2, 0.25) is 0 Å². The number of benzene rings is 1. The normalized spacial score (nSPS) is 24.7. The number of hydrogen-bond donors (Lipinski definition) is 1. The number of nitrogens with zero attached hydrogens (tertiary/aromatic N) is 2. The van der Waals surface area contributed by atoms with Gasteiger partial charge >= 0.3 is 6.09 Å². The molecule has 0 aromatic heterocycles. The van der Waals surface area contributed by atoms with E-state index >= 15 is 0 Å². The molecule has 3 aliphatic rings. The molecule has 5 amide bonds. The van der Waals surface area contributed by atoms with Gasteiger partial charge in [0.05, 0.1) is 11.1 Å². The monoisotopic (exact) mass is 457 g/mol. The van der Waals surface area contributed by atoms with Crippen LogP contribution in [0.15, 0.2) is 18.2 Å². The molecule has 10 nitrogen and oxygen atoms in total. The van der Waals surface area contributed by atoms with Crippen LogP contribution < -0.4 is 10.1 Å². The first-order valence-corrected chi connectivity index (χ1v) is 10.9. The van der Waals surface area contributed by atoms with Gasteiger partial charge in [-0.15, -0.1) is 0 Å². The van der Waals surface area contributed by atoms with Gasteiger partial charge in [-0.25, -0.2) is 4.79 Å². The number of carbonyl (C=O) groups excluding carboxylic acids is 5. The number of fused-ring (bicyclic) bond motifs is 1. The SMILES string of the molecule is CN(C(=O)OC(C)(C)C)C1CC(Oc2ccc3c(c2)C(=O)N([C@@H]2CCC(=O)NC2=O)C3=O)C1. The van der Waals surface area contributed by atoms with E-state index in [1.165, 1.54) is 12.1 Å². The molecule has 33 heavy (non-hydrogen) atoms. The third-order valence-corrected chi connectivity index (χ3v) is 6.01. The summed E-state index contributed by atoms with van der Waals surface area (Å²) in [6.45, 7) is 5.44. The van der Waals surface area contributed by atoms with Crippen LogP contribution in [0.1, 0.15) is 67.2 Å². The average Bonchev–Trinajstić information content (AvgIpc) is 2.93. The molecule has 1 aromatic rings. The number of nitrogens with one attached hydrogen (secondary N) is 1. The van der Waals surface area contributed by atoms with E-state index in [0.717, 1.165) is 4.90 Å². The lowest BCUT2D eigenvalue weighted by molar-refractivity contribution is -0.136. The second kappa shape index (κ2) is 8.17. The van der Waals surface area contributed by atoms with Crippen molar-refractivity contribution in [3.63, 3.8) is 0 Å². The molecule has 10 heteroatoms. The van der Waals surface area contributed by atoms with E-state index in [2.05, 4.69) is 5.32 Å². The van der Waals surface area contributed by atoms with Crippen molar-refractivity contribution in [1.82, 2.24) is 15.1 Å². The molecule has 0 radical (unpaired) electrons. The van der Waals surface area contributed by atoms with E-state index in [4.69, 9.17) is 9.47 Å². The van der Waals surface area contributed by atoms with Gasteiger partial charge < -0.3 is 14.4 Å². The van der Waals surface area contributed by atoms with Crippen molar-refractivity contribution in [2.45, 2.75) is 70.2 Å². The van der Waals surface area contributed by atoms with Crippen LogP contribution in [0.25, 0.3) is 0 Å².